The van der Waals surface area contributed by atoms with Gasteiger partial charge in [-0.2, -0.15) is 4.80 Å². The summed E-state index contributed by atoms with van der Waals surface area (Å²) in [5.74, 6) is -0.105. The van der Waals surface area contributed by atoms with E-state index in [1.54, 1.807) is 7.05 Å². The van der Waals surface area contributed by atoms with Crippen molar-refractivity contribution < 1.29 is 14.3 Å². The number of esters is 1. The maximum absolute atomic E-state index is 11.5. The molecule has 2 aromatic rings. The van der Waals surface area contributed by atoms with Crippen LogP contribution in [-0.2, 0) is 29.7 Å². The minimum atomic E-state index is -0.564. The number of ether oxygens (including phenoxy) is 2. The van der Waals surface area contributed by atoms with Gasteiger partial charge in [0.15, 0.2) is 11.5 Å². The van der Waals surface area contributed by atoms with Gasteiger partial charge < -0.3 is 9.47 Å². The highest BCUT2D eigenvalue weighted by Crippen LogP contribution is 2.09. The summed E-state index contributed by atoms with van der Waals surface area (Å²) in [6, 6.07) is 0. The summed E-state index contributed by atoms with van der Waals surface area (Å²) in [5, 5.41) is 19.3. The first-order chi connectivity index (χ1) is 9.15. The van der Waals surface area contributed by atoms with Crippen molar-refractivity contribution in [2.45, 2.75) is 13.2 Å². The first-order valence-electron chi connectivity index (χ1n) is 5.38. The fourth-order valence-corrected chi connectivity index (χ4v) is 1.52. The van der Waals surface area contributed by atoms with E-state index in [0.717, 1.165) is 0 Å². The summed E-state index contributed by atoms with van der Waals surface area (Å²) < 4.78 is 11.1. The van der Waals surface area contributed by atoms with Crippen LogP contribution in [-0.4, -0.2) is 55.4 Å². The van der Waals surface area contributed by atoms with E-state index in [1.165, 1.54) is 23.7 Å². The maximum Gasteiger partial charge on any atom is 0.360 e. The van der Waals surface area contributed by atoms with Crippen LogP contribution in [0.4, 0.5) is 0 Å². The minimum absolute atomic E-state index is 0.119. The van der Waals surface area contributed by atoms with Gasteiger partial charge in [-0.15, -0.1) is 15.3 Å². The fraction of sp³-hybridized carbons (Fsp3) is 0.556. The Labute approximate surface area is 108 Å². The molecule has 0 aliphatic rings. The Morgan fingerprint density at radius 1 is 1.26 bits per heavy atom. The lowest BCUT2D eigenvalue weighted by atomic mass is 10.3. The molecule has 0 bridgehead atoms. The number of carbonyl (C=O) groups is 1. The normalized spacial score (nSPS) is 10.7. The highest BCUT2D eigenvalue weighted by Gasteiger charge is 2.21. The van der Waals surface area contributed by atoms with Crippen LogP contribution in [0.15, 0.2) is 0 Å². The Kier molecular flexibility index (Phi) is 3.80. The van der Waals surface area contributed by atoms with Gasteiger partial charge in [0.25, 0.3) is 0 Å². The number of hydrogen-bond donors (Lipinski definition) is 0. The van der Waals surface area contributed by atoms with Gasteiger partial charge in [0, 0.05) is 7.11 Å². The number of aromatic nitrogens is 7. The highest BCUT2D eigenvalue weighted by molar-refractivity contribution is 5.88. The average Bonchev–Trinajstić information content (AvgIpc) is 2.97. The molecule has 0 aromatic carbocycles. The van der Waals surface area contributed by atoms with E-state index in [0.29, 0.717) is 11.5 Å². The molecule has 102 valence electrons. The average molecular weight is 267 g/mol. The van der Waals surface area contributed by atoms with Crippen molar-refractivity contribution in [3.8, 4) is 0 Å². The molecule has 2 aromatic heterocycles. The van der Waals surface area contributed by atoms with E-state index >= 15 is 0 Å². The lowest BCUT2D eigenvalue weighted by Gasteiger charge is -2.04. The Morgan fingerprint density at radius 3 is 2.63 bits per heavy atom. The molecule has 0 aliphatic heterocycles. The van der Waals surface area contributed by atoms with Crippen molar-refractivity contribution in [1.29, 1.82) is 0 Å². The third-order valence-corrected chi connectivity index (χ3v) is 2.34. The molecule has 0 amide bonds. The molecule has 0 fully saturated rings. The third kappa shape index (κ3) is 2.73. The lowest BCUT2D eigenvalue weighted by Crippen LogP contribution is -2.12. The molecule has 0 saturated carbocycles. The molecule has 0 aliphatic carbocycles. The topological polar surface area (TPSA) is 110 Å². The van der Waals surface area contributed by atoms with Gasteiger partial charge in [-0.05, 0) is 5.21 Å². The van der Waals surface area contributed by atoms with Crippen molar-refractivity contribution in [3.05, 3.63) is 17.2 Å². The molecule has 2 rings (SSSR count). The van der Waals surface area contributed by atoms with Crippen molar-refractivity contribution in [2.75, 3.05) is 14.2 Å². The summed E-state index contributed by atoms with van der Waals surface area (Å²) in [7, 11) is 4.45. The Balaban J connectivity index is 2.29. The Bertz CT molecular complexity index is 576. The SMILES string of the molecule is COCc1c(C(=O)OC)nnn1Cc1nnn(C)n1. The number of hydrogen-bond acceptors (Lipinski definition) is 8. The van der Waals surface area contributed by atoms with Crippen molar-refractivity contribution in [2.24, 2.45) is 7.05 Å². The molecule has 0 atom stereocenters. The van der Waals surface area contributed by atoms with Crippen LogP contribution in [0.3, 0.4) is 0 Å². The van der Waals surface area contributed by atoms with E-state index in [2.05, 4.69) is 30.5 Å². The van der Waals surface area contributed by atoms with Gasteiger partial charge in [-0.25, -0.2) is 9.48 Å². The minimum Gasteiger partial charge on any atom is -0.464 e. The van der Waals surface area contributed by atoms with Gasteiger partial charge in [0.1, 0.15) is 6.54 Å². The number of rotatable bonds is 5. The largest absolute Gasteiger partial charge is 0.464 e. The first-order valence-corrected chi connectivity index (χ1v) is 5.38. The Morgan fingerprint density at radius 2 is 2.05 bits per heavy atom. The summed E-state index contributed by atoms with van der Waals surface area (Å²) in [5.41, 5.74) is 0.620. The second-order valence-electron chi connectivity index (χ2n) is 3.66. The summed E-state index contributed by atoms with van der Waals surface area (Å²) in [4.78, 5) is 12.9. The van der Waals surface area contributed by atoms with Crippen LogP contribution in [0.2, 0.25) is 0 Å². The monoisotopic (exact) mass is 267 g/mol. The van der Waals surface area contributed by atoms with E-state index in [9.17, 15) is 4.79 Å². The number of tetrazole rings is 1. The molecule has 0 radical (unpaired) electrons. The molecule has 0 unspecified atom stereocenters. The molecule has 10 nitrogen and oxygen atoms in total. The predicted molar refractivity (Wildman–Crippen MR) is 60.0 cm³/mol. The van der Waals surface area contributed by atoms with E-state index in [4.69, 9.17) is 4.74 Å². The van der Waals surface area contributed by atoms with E-state index < -0.39 is 5.97 Å². The van der Waals surface area contributed by atoms with Crippen LogP contribution in [0.25, 0.3) is 0 Å². The number of aryl methyl sites for hydroxylation is 1. The van der Waals surface area contributed by atoms with Crippen LogP contribution in [0.5, 0.6) is 0 Å². The number of nitrogens with zero attached hydrogens (tertiary/aromatic N) is 7. The van der Waals surface area contributed by atoms with Gasteiger partial charge in [-0.1, -0.05) is 5.21 Å². The third-order valence-electron chi connectivity index (χ3n) is 2.34. The van der Waals surface area contributed by atoms with E-state index in [1.807, 2.05) is 0 Å². The molecule has 10 heteroatoms. The van der Waals surface area contributed by atoms with Crippen LogP contribution >= 0.6 is 0 Å². The second-order valence-corrected chi connectivity index (χ2v) is 3.66. The molecule has 19 heavy (non-hydrogen) atoms. The van der Waals surface area contributed by atoms with Crippen molar-refractivity contribution in [3.63, 3.8) is 0 Å². The maximum atomic E-state index is 11.5. The van der Waals surface area contributed by atoms with Gasteiger partial charge in [-0.3, -0.25) is 0 Å². The van der Waals surface area contributed by atoms with Crippen LogP contribution in [0, 0.1) is 0 Å². The molecule has 2 heterocycles. The zero-order valence-corrected chi connectivity index (χ0v) is 10.8. The summed E-state index contributed by atoms with van der Waals surface area (Å²) in [6.45, 7) is 0.425. The first kappa shape index (κ1) is 13.1. The fourth-order valence-electron chi connectivity index (χ4n) is 1.52. The number of methoxy groups -OCH3 is 2. The molecular formula is C9H13N7O3. The van der Waals surface area contributed by atoms with Crippen molar-refractivity contribution in [1.82, 2.24) is 35.2 Å². The van der Waals surface area contributed by atoms with Gasteiger partial charge >= 0.3 is 5.97 Å². The highest BCUT2D eigenvalue weighted by atomic mass is 16.5. The van der Waals surface area contributed by atoms with Crippen LogP contribution in [0.1, 0.15) is 22.0 Å². The van der Waals surface area contributed by atoms with Gasteiger partial charge in [0.05, 0.1) is 26.5 Å². The number of carbonyl (C=O) groups excluding carboxylic acids is 1. The standard InChI is InChI=1S/C9H13N7O3/c1-15-12-7(10-13-15)4-16-6(5-18-2)8(11-14-16)9(17)19-3/h4-5H2,1-3H3. The van der Waals surface area contributed by atoms with Gasteiger partial charge in [0.2, 0.25) is 0 Å². The Hall–Kier alpha value is -2.36. The predicted octanol–water partition coefficient (Wildman–Crippen LogP) is -1.22. The van der Waals surface area contributed by atoms with Crippen molar-refractivity contribution >= 4 is 5.97 Å². The molecule has 0 spiro atoms. The quantitative estimate of drug-likeness (QED) is 0.620. The second kappa shape index (κ2) is 5.52. The molecule has 0 N–H and O–H groups in total. The lowest BCUT2D eigenvalue weighted by molar-refractivity contribution is 0.0588. The zero-order chi connectivity index (χ0) is 13.8. The zero-order valence-electron chi connectivity index (χ0n) is 10.8. The molecular weight excluding hydrogens is 254 g/mol. The van der Waals surface area contributed by atoms with E-state index in [-0.39, 0.29) is 18.8 Å². The van der Waals surface area contributed by atoms with Crippen LogP contribution < -0.4 is 0 Å². The molecule has 0 saturated heterocycles. The smallest absolute Gasteiger partial charge is 0.360 e. The summed E-state index contributed by atoms with van der Waals surface area (Å²) in [6.07, 6.45) is 0. The summed E-state index contributed by atoms with van der Waals surface area (Å²) >= 11 is 0.